The molecule has 130 valence electrons. The lowest BCUT2D eigenvalue weighted by atomic mass is 9.96. The molecular formula is C16H25FN2O2S2. The van der Waals surface area contributed by atoms with Crippen molar-refractivity contribution in [3.05, 3.63) is 30.1 Å². The van der Waals surface area contributed by atoms with Gasteiger partial charge in [0.1, 0.15) is 5.82 Å². The average molecular weight is 361 g/mol. The first kappa shape index (κ1) is 18.7. The van der Waals surface area contributed by atoms with E-state index < -0.39 is 15.8 Å². The van der Waals surface area contributed by atoms with Crippen molar-refractivity contribution in [2.24, 2.45) is 0 Å². The average Bonchev–Trinajstić information content (AvgIpc) is 2.81. The van der Waals surface area contributed by atoms with E-state index >= 15 is 0 Å². The molecule has 7 heteroatoms. The molecule has 4 nitrogen and oxygen atoms in total. The van der Waals surface area contributed by atoms with E-state index in [2.05, 4.69) is 11.9 Å². The second-order valence-corrected chi connectivity index (χ2v) is 9.88. The van der Waals surface area contributed by atoms with Crippen molar-refractivity contribution in [1.29, 1.82) is 0 Å². The van der Waals surface area contributed by atoms with Gasteiger partial charge in [-0.25, -0.2) is 12.8 Å². The maximum atomic E-state index is 13.0. The molecule has 2 aliphatic rings. The number of benzene rings is 1. The maximum absolute atomic E-state index is 13.0. The van der Waals surface area contributed by atoms with Crippen LogP contribution in [-0.4, -0.2) is 54.4 Å². The van der Waals surface area contributed by atoms with E-state index in [1.54, 1.807) is 16.1 Å². The maximum Gasteiger partial charge on any atom is 0.244 e. The third kappa shape index (κ3) is 3.57. The molecule has 0 radical (unpaired) electrons. The van der Waals surface area contributed by atoms with Crippen molar-refractivity contribution >= 4 is 21.8 Å². The van der Waals surface area contributed by atoms with Crippen molar-refractivity contribution in [3.63, 3.8) is 0 Å². The fourth-order valence-corrected chi connectivity index (χ4v) is 6.85. The zero-order chi connectivity index (χ0) is 16.0. The number of hydrogen-bond acceptors (Lipinski definition) is 4. The Hall–Kier alpha value is -0.630. The molecule has 0 bridgehead atoms. The molecule has 3 rings (SSSR count). The van der Waals surface area contributed by atoms with Crippen LogP contribution in [0.2, 0.25) is 0 Å². The van der Waals surface area contributed by atoms with E-state index in [0.717, 1.165) is 25.9 Å². The monoisotopic (exact) mass is 360 g/mol. The SMILES string of the molecule is C.CC1SC2(CCN(C)CC2)CN1S(=O)(=O)c1ccc(F)cc1. The van der Waals surface area contributed by atoms with E-state index in [0.29, 0.717) is 6.54 Å². The zero-order valence-electron chi connectivity index (χ0n) is 12.8. The van der Waals surface area contributed by atoms with Crippen LogP contribution in [-0.2, 0) is 10.0 Å². The lowest BCUT2D eigenvalue weighted by molar-refractivity contribution is 0.228. The quantitative estimate of drug-likeness (QED) is 0.813. The number of thioether (sulfide) groups is 1. The summed E-state index contributed by atoms with van der Waals surface area (Å²) in [6.07, 6.45) is 2.02. The summed E-state index contributed by atoms with van der Waals surface area (Å²) in [5, 5.41) is -0.0848. The summed E-state index contributed by atoms with van der Waals surface area (Å²) in [4.78, 5) is 2.46. The Labute approximate surface area is 143 Å². The molecule has 1 atom stereocenters. The van der Waals surface area contributed by atoms with Gasteiger partial charge in [0.15, 0.2) is 0 Å². The molecule has 0 N–H and O–H groups in total. The topological polar surface area (TPSA) is 40.6 Å². The first-order valence-corrected chi connectivity index (χ1v) is 9.78. The molecule has 0 amide bonds. The van der Waals surface area contributed by atoms with Crippen molar-refractivity contribution in [2.75, 3.05) is 26.7 Å². The Balaban J connectivity index is 0.00000192. The fraction of sp³-hybridized carbons (Fsp3) is 0.625. The fourth-order valence-electron chi connectivity index (χ4n) is 3.19. The molecule has 1 unspecified atom stereocenters. The molecule has 2 heterocycles. The predicted octanol–water partition coefficient (Wildman–Crippen LogP) is 3.01. The van der Waals surface area contributed by atoms with Gasteiger partial charge in [0.25, 0.3) is 0 Å². The van der Waals surface area contributed by atoms with E-state index in [9.17, 15) is 12.8 Å². The lowest BCUT2D eigenvalue weighted by Gasteiger charge is -2.36. The van der Waals surface area contributed by atoms with Gasteiger partial charge in [0, 0.05) is 11.3 Å². The highest BCUT2D eigenvalue weighted by atomic mass is 32.2. The van der Waals surface area contributed by atoms with Crippen LogP contribution in [0.3, 0.4) is 0 Å². The minimum atomic E-state index is -3.56. The summed E-state index contributed by atoms with van der Waals surface area (Å²) >= 11 is 1.77. The van der Waals surface area contributed by atoms with Crippen molar-refractivity contribution in [1.82, 2.24) is 9.21 Å². The van der Waals surface area contributed by atoms with Crippen LogP contribution in [0.25, 0.3) is 0 Å². The van der Waals surface area contributed by atoms with Crippen molar-refractivity contribution < 1.29 is 12.8 Å². The van der Waals surface area contributed by atoms with Crippen LogP contribution in [0.4, 0.5) is 4.39 Å². The standard InChI is InChI=1S/C15H21FN2O2S2.CH4/c1-12-18(11-15(21-12)7-9-17(2)10-8-15)22(19,20)14-5-3-13(16)4-6-14;/h3-6,12H,7-11H2,1-2H3;1H4. The van der Waals surface area contributed by atoms with Gasteiger partial charge < -0.3 is 4.90 Å². The summed E-state index contributed by atoms with van der Waals surface area (Å²) in [5.74, 6) is -0.422. The van der Waals surface area contributed by atoms with Crippen molar-refractivity contribution in [3.8, 4) is 0 Å². The van der Waals surface area contributed by atoms with Crippen LogP contribution in [0.1, 0.15) is 27.2 Å². The highest BCUT2D eigenvalue weighted by molar-refractivity contribution is 8.02. The first-order chi connectivity index (χ1) is 10.3. The van der Waals surface area contributed by atoms with Gasteiger partial charge in [-0.1, -0.05) is 7.43 Å². The van der Waals surface area contributed by atoms with Gasteiger partial charge in [-0.2, -0.15) is 4.31 Å². The number of rotatable bonds is 2. The molecule has 0 saturated carbocycles. The number of sulfonamides is 1. The number of hydrogen-bond donors (Lipinski definition) is 0. The number of nitrogens with zero attached hydrogens (tertiary/aromatic N) is 2. The summed E-state index contributed by atoms with van der Waals surface area (Å²) in [5.41, 5.74) is 0. The highest BCUT2D eigenvalue weighted by Gasteiger charge is 2.48. The molecule has 0 aromatic heterocycles. The molecule has 23 heavy (non-hydrogen) atoms. The van der Waals surface area contributed by atoms with Gasteiger partial charge in [0.2, 0.25) is 10.0 Å². The van der Waals surface area contributed by atoms with Gasteiger partial charge in [-0.3, -0.25) is 0 Å². The molecule has 2 aliphatic heterocycles. The molecule has 0 aliphatic carbocycles. The van der Waals surface area contributed by atoms with Gasteiger partial charge in [-0.05, 0) is 64.2 Å². The Bertz CT molecular complexity index is 641. The number of likely N-dealkylation sites (tertiary alicyclic amines) is 1. The second-order valence-electron chi connectivity index (χ2n) is 6.21. The summed E-state index contributed by atoms with van der Waals surface area (Å²) in [6, 6.07) is 5.10. The molecular weight excluding hydrogens is 335 g/mol. The Kier molecular flexibility index (Phi) is 5.45. The summed E-state index contributed by atoms with van der Waals surface area (Å²) in [6.45, 7) is 4.50. The Morgan fingerprint density at radius 3 is 2.35 bits per heavy atom. The first-order valence-electron chi connectivity index (χ1n) is 7.46. The number of piperidine rings is 1. The minimum Gasteiger partial charge on any atom is -0.306 e. The molecule has 1 aromatic rings. The van der Waals surface area contributed by atoms with Crippen LogP contribution < -0.4 is 0 Å². The van der Waals surface area contributed by atoms with Gasteiger partial charge in [0.05, 0.1) is 10.3 Å². The normalized spacial score (nSPS) is 25.4. The van der Waals surface area contributed by atoms with Crippen LogP contribution in [0, 0.1) is 5.82 Å². The zero-order valence-corrected chi connectivity index (χ0v) is 14.5. The summed E-state index contributed by atoms with van der Waals surface area (Å²) < 4.78 is 40.3. The van der Waals surface area contributed by atoms with E-state index in [4.69, 9.17) is 0 Å². The van der Waals surface area contributed by atoms with Gasteiger partial charge in [-0.15, -0.1) is 11.8 Å². The largest absolute Gasteiger partial charge is 0.306 e. The Morgan fingerprint density at radius 2 is 1.78 bits per heavy atom. The highest BCUT2D eigenvalue weighted by Crippen LogP contribution is 2.47. The molecule has 2 fully saturated rings. The lowest BCUT2D eigenvalue weighted by Crippen LogP contribution is -2.44. The second kappa shape index (κ2) is 6.70. The van der Waals surface area contributed by atoms with E-state index in [1.165, 1.54) is 24.3 Å². The third-order valence-electron chi connectivity index (χ3n) is 4.59. The number of halogens is 1. The van der Waals surface area contributed by atoms with Crippen LogP contribution in [0.15, 0.2) is 29.2 Å². The Morgan fingerprint density at radius 1 is 1.22 bits per heavy atom. The third-order valence-corrected chi connectivity index (χ3v) is 8.29. The van der Waals surface area contributed by atoms with Crippen LogP contribution >= 0.6 is 11.8 Å². The van der Waals surface area contributed by atoms with Gasteiger partial charge >= 0.3 is 0 Å². The predicted molar refractivity (Wildman–Crippen MR) is 93.5 cm³/mol. The van der Waals surface area contributed by atoms with E-state index in [-0.39, 0.29) is 22.4 Å². The molecule has 1 aromatic carbocycles. The molecule has 1 spiro atoms. The summed E-state index contributed by atoms with van der Waals surface area (Å²) in [7, 11) is -1.46. The minimum absolute atomic E-state index is 0. The smallest absolute Gasteiger partial charge is 0.244 e. The molecule has 2 saturated heterocycles. The van der Waals surface area contributed by atoms with E-state index in [1.807, 2.05) is 6.92 Å². The van der Waals surface area contributed by atoms with Crippen LogP contribution in [0.5, 0.6) is 0 Å². The van der Waals surface area contributed by atoms with Crippen molar-refractivity contribution in [2.45, 2.75) is 42.2 Å².